The maximum Gasteiger partial charge on any atom is 0.229 e. The van der Waals surface area contributed by atoms with Crippen molar-refractivity contribution in [1.82, 2.24) is 9.55 Å². The van der Waals surface area contributed by atoms with Crippen LogP contribution in [-0.2, 0) is 23.1 Å². The second-order valence-corrected chi connectivity index (χ2v) is 6.19. The highest BCUT2D eigenvalue weighted by molar-refractivity contribution is 7.92. The number of benzene rings is 1. The van der Waals surface area contributed by atoms with Crippen LogP contribution in [0.1, 0.15) is 12.6 Å². The number of sulfonamides is 1. The van der Waals surface area contributed by atoms with Crippen LogP contribution in [0.25, 0.3) is 0 Å². The van der Waals surface area contributed by atoms with Gasteiger partial charge in [0, 0.05) is 12.7 Å². The van der Waals surface area contributed by atoms with E-state index in [-0.39, 0.29) is 0 Å². The fraction of sp³-hybridized carbons (Fsp3) is 0.308. The Morgan fingerprint density at radius 2 is 1.95 bits per heavy atom. The van der Waals surface area contributed by atoms with E-state index in [9.17, 15) is 8.42 Å². The molecule has 2 N–H and O–H groups in total. The monoisotopic (exact) mass is 294 g/mol. The molecule has 0 unspecified atom stereocenters. The summed E-state index contributed by atoms with van der Waals surface area (Å²) >= 11 is 0. The molecule has 2 rings (SSSR count). The van der Waals surface area contributed by atoms with Gasteiger partial charge in [0.15, 0.2) is 0 Å². The number of hydrogen-bond donors (Lipinski definition) is 2. The lowest BCUT2D eigenvalue weighted by Gasteiger charge is -2.13. The lowest BCUT2D eigenvalue weighted by molar-refractivity contribution is 0.607. The molecule has 7 heteroatoms. The van der Waals surface area contributed by atoms with Crippen LogP contribution in [0.2, 0.25) is 0 Å². The van der Waals surface area contributed by atoms with E-state index < -0.39 is 10.0 Å². The Morgan fingerprint density at radius 1 is 1.25 bits per heavy atom. The van der Waals surface area contributed by atoms with E-state index in [4.69, 9.17) is 0 Å². The van der Waals surface area contributed by atoms with Crippen LogP contribution in [0.3, 0.4) is 0 Å². The lowest BCUT2D eigenvalue weighted by atomic mass is 10.2. The van der Waals surface area contributed by atoms with Crippen LogP contribution in [0.5, 0.6) is 0 Å². The lowest BCUT2D eigenvalue weighted by Crippen LogP contribution is -2.12. The van der Waals surface area contributed by atoms with Crippen LogP contribution < -0.4 is 10.0 Å². The standard InChI is InChI=1S/C13H18N4O2S/c1-3-17-10-14-8-11(17)9-15-12-6-4-5-7-13(12)16-20(2,18)19/h4-8,10,15-16H,3,9H2,1-2H3. The van der Waals surface area contributed by atoms with E-state index in [0.717, 1.165) is 24.2 Å². The molecular weight excluding hydrogens is 276 g/mol. The number of anilines is 2. The summed E-state index contributed by atoms with van der Waals surface area (Å²) in [4.78, 5) is 4.10. The molecule has 0 amide bonds. The quantitative estimate of drug-likeness (QED) is 0.853. The highest BCUT2D eigenvalue weighted by atomic mass is 32.2. The minimum absolute atomic E-state index is 0.539. The first-order valence-corrected chi connectivity index (χ1v) is 8.18. The van der Waals surface area contributed by atoms with Gasteiger partial charge in [0.2, 0.25) is 10.0 Å². The molecule has 0 fully saturated rings. The van der Waals surface area contributed by atoms with Crippen molar-refractivity contribution in [2.75, 3.05) is 16.3 Å². The Balaban J connectivity index is 2.14. The van der Waals surface area contributed by atoms with E-state index in [2.05, 4.69) is 15.0 Å². The Kier molecular flexibility index (Phi) is 4.29. The second-order valence-electron chi connectivity index (χ2n) is 4.44. The first-order valence-electron chi connectivity index (χ1n) is 6.29. The van der Waals surface area contributed by atoms with Gasteiger partial charge >= 0.3 is 0 Å². The third kappa shape index (κ3) is 3.74. The van der Waals surface area contributed by atoms with E-state index in [0.29, 0.717) is 12.2 Å². The molecule has 2 aromatic rings. The maximum atomic E-state index is 11.3. The van der Waals surface area contributed by atoms with Gasteiger partial charge in [-0.3, -0.25) is 4.72 Å². The molecule has 0 bridgehead atoms. The van der Waals surface area contributed by atoms with Gasteiger partial charge in [0.05, 0.1) is 36.2 Å². The number of rotatable bonds is 6. The Bertz CT molecular complexity index is 679. The maximum absolute atomic E-state index is 11.3. The third-order valence-corrected chi connectivity index (χ3v) is 3.41. The normalized spacial score (nSPS) is 11.3. The molecule has 0 saturated carbocycles. The van der Waals surface area contributed by atoms with Crippen molar-refractivity contribution >= 4 is 21.4 Å². The Morgan fingerprint density at radius 3 is 2.60 bits per heavy atom. The molecule has 1 aromatic heterocycles. The minimum atomic E-state index is -3.29. The summed E-state index contributed by atoms with van der Waals surface area (Å²) in [6.45, 7) is 3.47. The number of para-hydroxylation sites is 2. The molecule has 0 aliphatic heterocycles. The van der Waals surface area contributed by atoms with Crippen molar-refractivity contribution in [2.24, 2.45) is 0 Å². The van der Waals surface area contributed by atoms with Crippen LogP contribution >= 0.6 is 0 Å². The molecule has 108 valence electrons. The summed E-state index contributed by atoms with van der Waals surface area (Å²) in [5.74, 6) is 0. The van der Waals surface area contributed by atoms with E-state index in [1.54, 1.807) is 24.7 Å². The molecule has 0 radical (unpaired) electrons. The SMILES string of the molecule is CCn1cncc1CNc1ccccc1NS(C)(=O)=O. The largest absolute Gasteiger partial charge is 0.378 e. The predicted molar refractivity (Wildman–Crippen MR) is 80.1 cm³/mol. The van der Waals surface area contributed by atoms with E-state index >= 15 is 0 Å². The zero-order valence-corrected chi connectivity index (χ0v) is 12.3. The van der Waals surface area contributed by atoms with Gasteiger partial charge in [0.1, 0.15) is 0 Å². The molecular formula is C13H18N4O2S. The first kappa shape index (κ1) is 14.4. The Labute approximate surface area is 118 Å². The van der Waals surface area contributed by atoms with Crippen molar-refractivity contribution in [3.8, 4) is 0 Å². The zero-order valence-electron chi connectivity index (χ0n) is 11.5. The van der Waals surface area contributed by atoms with Crippen LogP contribution in [0, 0.1) is 0 Å². The highest BCUT2D eigenvalue weighted by Gasteiger charge is 2.07. The zero-order chi connectivity index (χ0) is 14.6. The average molecular weight is 294 g/mol. The Hall–Kier alpha value is -2.02. The number of aryl methyl sites for hydroxylation is 1. The van der Waals surface area contributed by atoms with Gasteiger partial charge in [-0.1, -0.05) is 12.1 Å². The second kappa shape index (κ2) is 5.96. The summed E-state index contributed by atoms with van der Waals surface area (Å²) in [6.07, 6.45) is 4.71. The number of nitrogens with zero attached hydrogens (tertiary/aromatic N) is 2. The van der Waals surface area contributed by atoms with Crippen molar-refractivity contribution in [1.29, 1.82) is 0 Å². The van der Waals surface area contributed by atoms with E-state index in [1.165, 1.54) is 0 Å². The van der Waals surface area contributed by atoms with Gasteiger partial charge in [-0.2, -0.15) is 0 Å². The summed E-state index contributed by atoms with van der Waals surface area (Å²) in [5.41, 5.74) is 2.32. The van der Waals surface area contributed by atoms with Gasteiger partial charge in [0.25, 0.3) is 0 Å². The molecule has 1 heterocycles. The summed E-state index contributed by atoms with van der Waals surface area (Å²) < 4.78 is 27.2. The predicted octanol–water partition coefficient (Wildman–Crippen LogP) is 1.89. The van der Waals surface area contributed by atoms with Gasteiger partial charge in [-0.05, 0) is 19.1 Å². The number of aromatic nitrogens is 2. The van der Waals surface area contributed by atoms with Gasteiger partial charge in [-0.25, -0.2) is 13.4 Å². The van der Waals surface area contributed by atoms with E-state index in [1.807, 2.05) is 23.6 Å². The van der Waals surface area contributed by atoms with Crippen molar-refractivity contribution in [3.63, 3.8) is 0 Å². The molecule has 0 aliphatic rings. The summed E-state index contributed by atoms with van der Waals surface area (Å²) in [7, 11) is -3.29. The fourth-order valence-electron chi connectivity index (χ4n) is 1.89. The number of hydrogen-bond acceptors (Lipinski definition) is 4. The van der Waals surface area contributed by atoms with Crippen molar-refractivity contribution < 1.29 is 8.42 Å². The molecule has 1 aromatic carbocycles. The molecule has 0 atom stereocenters. The molecule has 0 saturated heterocycles. The molecule has 20 heavy (non-hydrogen) atoms. The topological polar surface area (TPSA) is 76.0 Å². The molecule has 0 aliphatic carbocycles. The van der Waals surface area contributed by atoms with Crippen molar-refractivity contribution in [2.45, 2.75) is 20.0 Å². The average Bonchev–Trinajstić information content (AvgIpc) is 2.83. The van der Waals surface area contributed by atoms with Gasteiger partial charge < -0.3 is 9.88 Å². The fourth-order valence-corrected chi connectivity index (χ4v) is 2.47. The summed E-state index contributed by atoms with van der Waals surface area (Å²) in [6, 6.07) is 7.20. The van der Waals surface area contributed by atoms with Gasteiger partial charge in [-0.15, -0.1) is 0 Å². The number of imidazole rings is 1. The third-order valence-electron chi connectivity index (χ3n) is 2.82. The molecule has 0 spiro atoms. The van der Waals surface area contributed by atoms with Crippen LogP contribution in [0.4, 0.5) is 11.4 Å². The molecule has 6 nitrogen and oxygen atoms in total. The minimum Gasteiger partial charge on any atom is -0.378 e. The van der Waals surface area contributed by atoms with Crippen molar-refractivity contribution in [3.05, 3.63) is 42.5 Å². The summed E-state index contributed by atoms with van der Waals surface area (Å²) in [5, 5.41) is 3.23. The van der Waals surface area contributed by atoms with Crippen LogP contribution in [0.15, 0.2) is 36.8 Å². The smallest absolute Gasteiger partial charge is 0.229 e. The van der Waals surface area contributed by atoms with Crippen LogP contribution in [-0.4, -0.2) is 24.2 Å². The number of nitrogens with one attached hydrogen (secondary N) is 2. The first-order chi connectivity index (χ1) is 9.49. The highest BCUT2D eigenvalue weighted by Crippen LogP contribution is 2.22.